The summed E-state index contributed by atoms with van der Waals surface area (Å²) in [6, 6.07) is 36.7. The van der Waals surface area contributed by atoms with Crippen molar-refractivity contribution in [2.45, 2.75) is 82.8 Å². The summed E-state index contributed by atoms with van der Waals surface area (Å²) in [5.74, 6) is -0.201. The van der Waals surface area contributed by atoms with Gasteiger partial charge in [-0.05, 0) is 95.7 Å². The molecule has 2 aliphatic carbocycles. The van der Waals surface area contributed by atoms with Gasteiger partial charge in [-0.25, -0.2) is 0 Å². The van der Waals surface area contributed by atoms with Gasteiger partial charge in [-0.1, -0.05) is 129 Å². The highest BCUT2D eigenvalue weighted by Gasteiger charge is 2.70. The van der Waals surface area contributed by atoms with E-state index in [-0.39, 0.29) is 40.8 Å². The average molecular weight is 755 g/mol. The molecule has 3 aliphatic rings. The molecule has 272 valence electrons. The number of methoxy groups -OCH3 is 1. The monoisotopic (exact) mass is 753 g/mol. The van der Waals surface area contributed by atoms with Crippen LogP contribution in [0.3, 0.4) is 0 Å². The molecule has 5 nitrogen and oxygen atoms in total. The summed E-state index contributed by atoms with van der Waals surface area (Å²) in [7, 11) is -1.51. The maximum atomic E-state index is 15.7. The summed E-state index contributed by atoms with van der Waals surface area (Å²) in [4.78, 5) is 31.5. The van der Waals surface area contributed by atoms with Crippen molar-refractivity contribution in [1.82, 2.24) is 4.90 Å². The lowest BCUT2D eigenvalue weighted by Gasteiger charge is -2.54. The van der Waals surface area contributed by atoms with Crippen molar-refractivity contribution in [2.75, 3.05) is 13.7 Å². The molecule has 1 unspecified atom stereocenters. The molecule has 4 aromatic rings. The molecule has 52 heavy (non-hydrogen) atoms. The van der Waals surface area contributed by atoms with E-state index in [9.17, 15) is 4.79 Å². The minimum atomic E-state index is -2.94. The number of esters is 1. The van der Waals surface area contributed by atoms with Crippen LogP contribution in [0.1, 0.15) is 82.9 Å². The summed E-state index contributed by atoms with van der Waals surface area (Å²) in [5, 5.41) is 3.45. The van der Waals surface area contributed by atoms with Crippen LogP contribution in [0.5, 0.6) is 0 Å². The number of benzene rings is 4. The van der Waals surface area contributed by atoms with E-state index in [0.29, 0.717) is 35.9 Å². The second-order valence-corrected chi connectivity index (χ2v) is 21.5. The quantitative estimate of drug-likeness (QED) is 0.113. The average Bonchev–Trinajstić information content (AvgIpc) is 4.08. The summed E-state index contributed by atoms with van der Waals surface area (Å²) in [6.45, 7) is 9.24. The molecular formula is C44H49Cl2NO4Si. The first kappa shape index (κ1) is 36.9. The Morgan fingerprint density at radius 3 is 1.94 bits per heavy atom. The molecule has 4 atom stereocenters. The SMILES string of the molecule is COC(=O)C1([C@@]2(C)CC(c3cccc(Cl)c3)[C@@H](c3ccc(Cl)cc3)N([C@H](CO[Si](c3ccccc3)(c3ccccc3)C(C)(C)C)C3CC3)C2=O)CC1. The van der Waals surface area contributed by atoms with E-state index in [2.05, 4.69) is 92.4 Å². The first-order valence-corrected chi connectivity index (χ1v) is 21.2. The Morgan fingerprint density at radius 2 is 1.44 bits per heavy atom. The molecule has 4 aromatic carbocycles. The highest BCUT2D eigenvalue weighted by atomic mass is 35.5. The number of amides is 1. The second kappa shape index (κ2) is 14.1. The number of hydrogen-bond acceptors (Lipinski definition) is 4. The third-order valence-electron chi connectivity index (χ3n) is 12.3. The fourth-order valence-corrected chi connectivity index (χ4v) is 14.2. The van der Waals surface area contributed by atoms with Crippen molar-refractivity contribution in [2.24, 2.45) is 16.7 Å². The maximum Gasteiger partial charge on any atom is 0.312 e. The lowest BCUT2D eigenvalue weighted by molar-refractivity contribution is -0.173. The van der Waals surface area contributed by atoms with E-state index < -0.39 is 19.1 Å². The Hall–Kier alpha value is -3.42. The number of likely N-dealkylation sites (tertiary alicyclic amines) is 1. The van der Waals surface area contributed by atoms with Crippen LogP contribution in [0.15, 0.2) is 109 Å². The van der Waals surface area contributed by atoms with Gasteiger partial charge in [-0.3, -0.25) is 9.59 Å². The largest absolute Gasteiger partial charge is 0.469 e. The molecule has 1 aliphatic heterocycles. The zero-order valence-corrected chi connectivity index (χ0v) is 33.3. The molecule has 0 N–H and O–H groups in total. The number of ether oxygens (including phenoxy) is 1. The Bertz CT molecular complexity index is 1870. The van der Waals surface area contributed by atoms with Gasteiger partial charge in [-0.15, -0.1) is 0 Å². The van der Waals surface area contributed by atoms with E-state index in [4.69, 9.17) is 32.4 Å². The van der Waals surface area contributed by atoms with Crippen LogP contribution in [0, 0.1) is 16.7 Å². The van der Waals surface area contributed by atoms with Gasteiger partial charge in [0.15, 0.2) is 0 Å². The van der Waals surface area contributed by atoms with Crippen LogP contribution in [0.2, 0.25) is 15.1 Å². The molecular weight excluding hydrogens is 705 g/mol. The van der Waals surface area contributed by atoms with Crippen molar-refractivity contribution in [1.29, 1.82) is 0 Å². The minimum absolute atomic E-state index is 0.00317. The number of carbonyl (C=O) groups excluding carboxylic acids is 2. The topological polar surface area (TPSA) is 55.8 Å². The lowest BCUT2D eigenvalue weighted by atomic mass is 9.61. The predicted octanol–water partition coefficient (Wildman–Crippen LogP) is 9.37. The molecule has 1 heterocycles. The van der Waals surface area contributed by atoms with Gasteiger partial charge in [-0.2, -0.15) is 0 Å². The van der Waals surface area contributed by atoms with Crippen LogP contribution in [-0.2, 0) is 18.8 Å². The van der Waals surface area contributed by atoms with Crippen LogP contribution in [0.4, 0.5) is 0 Å². The van der Waals surface area contributed by atoms with Gasteiger partial charge in [0.25, 0.3) is 8.32 Å². The first-order valence-electron chi connectivity index (χ1n) is 18.5. The number of nitrogens with zero attached hydrogens (tertiary/aromatic N) is 1. The fourth-order valence-electron chi connectivity index (χ4n) is 9.29. The van der Waals surface area contributed by atoms with Gasteiger partial charge in [0, 0.05) is 16.0 Å². The van der Waals surface area contributed by atoms with E-state index >= 15 is 4.79 Å². The molecule has 0 radical (unpaired) electrons. The number of halogens is 2. The third-order valence-corrected chi connectivity index (χ3v) is 17.8. The van der Waals surface area contributed by atoms with Gasteiger partial charge in [0.2, 0.25) is 5.91 Å². The molecule has 0 spiro atoms. The number of carbonyl (C=O) groups is 2. The molecule has 1 amide bonds. The van der Waals surface area contributed by atoms with Crippen LogP contribution < -0.4 is 10.4 Å². The van der Waals surface area contributed by atoms with Crippen LogP contribution >= 0.6 is 23.2 Å². The summed E-state index contributed by atoms with van der Waals surface area (Å²) >= 11 is 13.2. The van der Waals surface area contributed by atoms with Gasteiger partial charge >= 0.3 is 5.97 Å². The second-order valence-electron chi connectivity index (χ2n) is 16.4. The lowest BCUT2D eigenvalue weighted by Crippen LogP contribution is -2.68. The van der Waals surface area contributed by atoms with Crippen molar-refractivity contribution in [3.05, 3.63) is 130 Å². The van der Waals surface area contributed by atoms with Gasteiger partial charge in [0.05, 0.1) is 36.6 Å². The van der Waals surface area contributed by atoms with Crippen molar-refractivity contribution >= 4 is 53.8 Å². The van der Waals surface area contributed by atoms with Crippen molar-refractivity contribution in [3.8, 4) is 0 Å². The summed E-state index contributed by atoms with van der Waals surface area (Å²) in [5.41, 5.74) is 0.162. The first-order chi connectivity index (χ1) is 24.9. The molecule has 2 saturated carbocycles. The van der Waals surface area contributed by atoms with Gasteiger partial charge < -0.3 is 14.1 Å². The number of piperidine rings is 1. The predicted molar refractivity (Wildman–Crippen MR) is 212 cm³/mol. The van der Waals surface area contributed by atoms with Crippen molar-refractivity contribution < 1.29 is 18.8 Å². The Balaban J connectivity index is 1.41. The molecule has 1 saturated heterocycles. The van der Waals surface area contributed by atoms with E-state index in [1.807, 2.05) is 49.4 Å². The maximum absolute atomic E-state index is 15.7. The summed E-state index contributed by atoms with van der Waals surface area (Å²) in [6.07, 6.45) is 3.74. The highest BCUT2D eigenvalue weighted by molar-refractivity contribution is 6.99. The number of hydrogen-bond donors (Lipinski definition) is 0. The Labute approximate surface area is 319 Å². The fraction of sp³-hybridized carbons (Fsp3) is 0.409. The molecule has 7 rings (SSSR count). The van der Waals surface area contributed by atoms with E-state index in [1.54, 1.807) is 0 Å². The molecule has 0 aromatic heterocycles. The molecule has 0 bridgehead atoms. The number of rotatable bonds is 11. The molecule has 3 fully saturated rings. The zero-order valence-electron chi connectivity index (χ0n) is 30.8. The van der Waals surface area contributed by atoms with E-state index in [1.165, 1.54) is 17.5 Å². The van der Waals surface area contributed by atoms with Crippen LogP contribution in [-0.4, -0.2) is 44.9 Å². The van der Waals surface area contributed by atoms with Crippen LogP contribution in [0.25, 0.3) is 0 Å². The standard InChI is InChI=1S/C44H49Cl2NO4Si/c1-42(2,3)52(35-15-8-6-9-16-35,36-17-10-7-11-18-36)51-29-38(30-19-20-30)47-39(31-21-23-33(45)24-22-31)37(32-13-12-14-34(46)27-32)28-43(4,40(47)48)44(25-26-44)41(49)50-5/h6-18,21-24,27,30,37-39H,19-20,25-26,28-29H2,1-5H3/t37?,38-,39-,43+/m1/s1. The normalized spacial score (nSPS) is 23.6. The van der Waals surface area contributed by atoms with E-state index in [0.717, 1.165) is 24.0 Å². The molecule has 8 heteroatoms. The Kier molecular flexibility index (Phi) is 10.0. The summed E-state index contributed by atoms with van der Waals surface area (Å²) < 4.78 is 13.1. The van der Waals surface area contributed by atoms with Gasteiger partial charge in [0.1, 0.15) is 0 Å². The van der Waals surface area contributed by atoms with Crippen molar-refractivity contribution in [3.63, 3.8) is 0 Å². The highest BCUT2D eigenvalue weighted by Crippen LogP contribution is 2.67. The zero-order chi connectivity index (χ0) is 36.9. The Morgan fingerprint density at radius 1 is 0.846 bits per heavy atom. The third kappa shape index (κ3) is 6.34. The minimum Gasteiger partial charge on any atom is -0.469 e. The smallest absolute Gasteiger partial charge is 0.312 e.